The Labute approximate surface area is 90.7 Å². The molecule has 0 aromatic carbocycles. The molecule has 0 aromatic heterocycles. The summed E-state index contributed by atoms with van der Waals surface area (Å²) in [4.78, 5) is 19.5. The van der Waals surface area contributed by atoms with Crippen molar-refractivity contribution in [3.05, 3.63) is 0 Å². The molecule has 0 aliphatic carbocycles. The Morgan fingerprint density at radius 3 is 1.25 bits per heavy atom. The molecule has 0 fully saturated rings. The second-order valence-electron chi connectivity index (χ2n) is 1.57. The van der Waals surface area contributed by atoms with Gasteiger partial charge >= 0.3 is 41.5 Å². The molecular formula is C4H9NaO7. The Hall–Kier alpha value is -0.180. The maximum Gasteiger partial charge on any atom is 1.00 e. The summed E-state index contributed by atoms with van der Waals surface area (Å²) in [5.74, 6) is -3.54. The molecule has 0 aromatic rings. The van der Waals surface area contributed by atoms with Crippen LogP contribution in [0.3, 0.4) is 0 Å². The van der Waals surface area contributed by atoms with Crippen LogP contribution in [-0.4, -0.2) is 50.0 Å². The monoisotopic (exact) mass is 192 g/mol. The molecule has 68 valence electrons. The Kier molecular flexibility index (Phi) is 11.1. The van der Waals surface area contributed by atoms with Gasteiger partial charge in [0.15, 0.2) is 12.2 Å². The SMILES string of the molecule is O.O=C(O)C(O)C(O)C(=O)O.[H-].[Na+]. The minimum Gasteiger partial charge on any atom is -1.00 e. The van der Waals surface area contributed by atoms with Gasteiger partial charge in [0.1, 0.15) is 0 Å². The molecule has 0 rings (SSSR count). The number of rotatable bonds is 3. The first-order chi connectivity index (χ1) is 4.46. The van der Waals surface area contributed by atoms with Crippen molar-refractivity contribution in [1.82, 2.24) is 0 Å². The largest absolute Gasteiger partial charge is 1.00 e. The van der Waals surface area contributed by atoms with Crippen molar-refractivity contribution in [3.8, 4) is 0 Å². The Morgan fingerprint density at radius 2 is 1.17 bits per heavy atom. The van der Waals surface area contributed by atoms with Gasteiger partial charge in [-0.15, -0.1) is 0 Å². The topological polar surface area (TPSA) is 147 Å². The van der Waals surface area contributed by atoms with E-state index in [9.17, 15) is 9.59 Å². The van der Waals surface area contributed by atoms with E-state index in [1.165, 1.54) is 0 Å². The number of aliphatic hydroxyl groups excluding tert-OH is 2. The summed E-state index contributed by atoms with van der Waals surface area (Å²) in [7, 11) is 0. The maximum absolute atomic E-state index is 9.77. The van der Waals surface area contributed by atoms with E-state index < -0.39 is 24.1 Å². The molecule has 2 atom stereocenters. The Morgan fingerprint density at radius 1 is 1.00 bits per heavy atom. The van der Waals surface area contributed by atoms with Crippen LogP contribution in [0.25, 0.3) is 0 Å². The number of aliphatic carboxylic acids is 2. The quantitative estimate of drug-likeness (QED) is 0.327. The first kappa shape index (κ1) is 17.8. The number of hydrogen-bond donors (Lipinski definition) is 4. The molecule has 2 unspecified atom stereocenters. The molecule has 6 N–H and O–H groups in total. The molecule has 0 bridgehead atoms. The average Bonchev–Trinajstić information content (AvgIpc) is 1.84. The van der Waals surface area contributed by atoms with Gasteiger partial charge in [0.2, 0.25) is 0 Å². The van der Waals surface area contributed by atoms with E-state index in [2.05, 4.69) is 0 Å². The van der Waals surface area contributed by atoms with Gasteiger partial charge in [-0.25, -0.2) is 9.59 Å². The third kappa shape index (κ3) is 5.47. The molecule has 0 amide bonds. The fraction of sp³-hybridized carbons (Fsp3) is 0.500. The van der Waals surface area contributed by atoms with Gasteiger partial charge in [0, 0.05) is 0 Å². The minimum atomic E-state index is -2.27. The van der Waals surface area contributed by atoms with Gasteiger partial charge in [0.25, 0.3) is 0 Å². The molecule has 0 saturated carbocycles. The molecular weight excluding hydrogens is 183 g/mol. The minimum absolute atomic E-state index is 0. The van der Waals surface area contributed by atoms with Crippen molar-refractivity contribution in [2.24, 2.45) is 0 Å². The smallest absolute Gasteiger partial charge is 1.00 e. The van der Waals surface area contributed by atoms with E-state index in [-0.39, 0.29) is 36.5 Å². The number of carboxylic acids is 2. The van der Waals surface area contributed by atoms with Crippen molar-refractivity contribution in [3.63, 3.8) is 0 Å². The van der Waals surface area contributed by atoms with Crippen molar-refractivity contribution in [1.29, 1.82) is 0 Å². The van der Waals surface area contributed by atoms with Gasteiger partial charge in [-0.1, -0.05) is 0 Å². The standard InChI is InChI=1S/C4H6O6.Na.H2O.H/c5-1(3(7)8)2(6)4(9)10;;;/h1-2,5-6H,(H,7,8)(H,9,10);;1H2;/q;+1;;-1. The summed E-state index contributed by atoms with van der Waals surface area (Å²) in [5, 5.41) is 32.5. The van der Waals surface area contributed by atoms with E-state index in [1.807, 2.05) is 0 Å². The summed E-state index contributed by atoms with van der Waals surface area (Å²) in [5.41, 5.74) is 0. The first-order valence-corrected chi connectivity index (χ1v) is 2.28. The molecule has 7 nitrogen and oxygen atoms in total. The van der Waals surface area contributed by atoms with E-state index >= 15 is 0 Å². The molecule has 0 aliphatic rings. The summed E-state index contributed by atoms with van der Waals surface area (Å²) in [6, 6.07) is 0. The molecule has 0 aliphatic heterocycles. The summed E-state index contributed by atoms with van der Waals surface area (Å²) in [6.45, 7) is 0. The zero-order valence-corrected chi connectivity index (χ0v) is 8.26. The second kappa shape index (κ2) is 7.47. The molecule has 0 heterocycles. The predicted molar refractivity (Wildman–Crippen MR) is 32.0 cm³/mol. The third-order valence-electron chi connectivity index (χ3n) is 0.805. The fourth-order valence-corrected chi connectivity index (χ4v) is 0.270. The van der Waals surface area contributed by atoms with Crippen LogP contribution in [0.1, 0.15) is 1.43 Å². The van der Waals surface area contributed by atoms with Crippen LogP contribution in [0.2, 0.25) is 0 Å². The van der Waals surface area contributed by atoms with Crippen LogP contribution < -0.4 is 29.6 Å². The molecule has 0 saturated heterocycles. The van der Waals surface area contributed by atoms with Gasteiger partial charge < -0.3 is 27.3 Å². The van der Waals surface area contributed by atoms with Gasteiger partial charge in [-0.2, -0.15) is 0 Å². The average molecular weight is 192 g/mol. The molecule has 12 heavy (non-hydrogen) atoms. The number of carbonyl (C=O) groups is 2. The zero-order valence-electron chi connectivity index (χ0n) is 7.26. The van der Waals surface area contributed by atoms with E-state index in [0.717, 1.165) is 0 Å². The third-order valence-corrected chi connectivity index (χ3v) is 0.805. The van der Waals surface area contributed by atoms with Crippen LogP contribution in [-0.2, 0) is 9.59 Å². The summed E-state index contributed by atoms with van der Waals surface area (Å²) in [6.07, 6.45) is -4.53. The predicted octanol–water partition coefficient (Wildman–Crippen LogP) is -5.83. The van der Waals surface area contributed by atoms with Gasteiger partial charge in [-0.3, -0.25) is 0 Å². The zero-order chi connectivity index (χ0) is 8.31. The maximum atomic E-state index is 9.77. The molecule has 0 spiro atoms. The fourth-order valence-electron chi connectivity index (χ4n) is 0.270. The molecule has 0 radical (unpaired) electrons. The van der Waals surface area contributed by atoms with Crippen LogP contribution in [0, 0.1) is 0 Å². The molecule has 8 heteroatoms. The van der Waals surface area contributed by atoms with Crippen LogP contribution >= 0.6 is 0 Å². The van der Waals surface area contributed by atoms with Gasteiger partial charge in [0.05, 0.1) is 0 Å². The van der Waals surface area contributed by atoms with Crippen LogP contribution in [0.5, 0.6) is 0 Å². The van der Waals surface area contributed by atoms with E-state index in [0.29, 0.717) is 0 Å². The van der Waals surface area contributed by atoms with Crippen LogP contribution in [0.15, 0.2) is 0 Å². The van der Waals surface area contributed by atoms with E-state index in [1.54, 1.807) is 0 Å². The second-order valence-corrected chi connectivity index (χ2v) is 1.57. The number of aliphatic hydroxyl groups is 2. The van der Waals surface area contributed by atoms with E-state index in [4.69, 9.17) is 20.4 Å². The summed E-state index contributed by atoms with van der Waals surface area (Å²) < 4.78 is 0. The normalized spacial score (nSPS) is 13.2. The Balaban J connectivity index is -0.000000135. The van der Waals surface area contributed by atoms with Crippen molar-refractivity contribution >= 4 is 11.9 Å². The first-order valence-electron chi connectivity index (χ1n) is 2.28. The van der Waals surface area contributed by atoms with Crippen LogP contribution in [0.4, 0.5) is 0 Å². The number of carboxylic acid groups (broad SMARTS) is 2. The Bertz CT molecular complexity index is 145. The van der Waals surface area contributed by atoms with Crippen molar-refractivity contribution in [2.75, 3.05) is 0 Å². The van der Waals surface area contributed by atoms with Crippen molar-refractivity contribution < 1.29 is 66.5 Å². The number of hydrogen-bond acceptors (Lipinski definition) is 4. The van der Waals surface area contributed by atoms with Crippen molar-refractivity contribution in [2.45, 2.75) is 12.2 Å². The summed E-state index contributed by atoms with van der Waals surface area (Å²) >= 11 is 0. The van der Waals surface area contributed by atoms with Gasteiger partial charge in [-0.05, 0) is 0 Å².